The zero-order valence-electron chi connectivity index (χ0n) is 13.4. The molecule has 3 heterocycles. The number of fused-ring (bicyclic) bond motifs is 1. The zero-order valence-corrected chi connectivity index (χ0v) is 15.0. The molecule has 1 aromatic carbocycles. The molecule has 0 fully saturated rings. The quantitative estimate of drug-likeness (QED) is 0.750. The molecule has 2 N–H and O–H groups in total. The number of thiophene rings is 1. The van der Waals surface area contributed by atoms with E-state index in [0.29, 0.717) is 18.3 Å². The first-order valence-electron chi connectivity index (χ1n) is 7.70. The van der Waals surface area contributed by atoms with Gasteiger partial charge >= 0.3 is 0 Å². The molecular weight excluding hydrogens is 360 g/mol. The van der Waals surface area contributed by atoms with Crippen LogP contribution in [0.5, 0.6) is 0 Å². The average molecular weight is 376 g/mol. The highest BCUT2D eigenvalue weighted by atomic mass is 32.2. The summed E-state index contributed by atoms with van der Waals surface area (Å²) < 4.78 is 28.4. The van der Waals surface area contributed by atoms with Gasteiger partial charge in [-0.15, -0.1) is 11.3 Å². The Hall–Kier alpha value is -2.23. The summed E-state index contributed by atoms with van der Waals surface area (Å²) in [4.78, 5) is 7.69. The predicted octanol–water partition coefficient (Wildman–Crippen LogP) is 2.40. The van der Waals surface area contributed by atoms with E-state index >= 15 is 0 Å². The van der Waals surface area contributed by atoms with E-state index in [9.17, 15) is 8.42 Å². The summed E-state index contributed by atoms with van der Waals surface area (Å²) in [6.07, 6.45) is 0.741. The van der Waals surface area contributed by atoms with Crippen molar-refractivity contribution < 1.29 is 12.9 Å². The van der Waals surface area contributed by atoms with E-state index in [2.05, 4.69) is 22.0 Å². The summed E-state index contributed by atoms with van der Waals surface area (Å²) in [5.41, 5.74) is 1.92. The van der Waals surface area contributed by atoms with Crippen molar-refractivity contribution >= 4 is 27.0 Å². The molecular formula is C16H16N4O3S2. The molecule has 0 bridgehead atoms. The van der Waals surface area contributed by atoms with Gasteiger partial charge in [-0.3, -0.25) is 0 Å². The lowest BCUT2D eigenvalue weighted by atomic mass is 10.1. The van der Waals surface area contributed by atoms with E-state index in [1.54, 1.807) is 23.5 Å². The maximum absolute atomic E-state index is 11.5. The Morgan fingerprint density at radius 1 is 1.40 bits per heavy atom. The molecule has 130 valence electrons. The SMILES string of the molecule is C[C@@H]1Cc2cc(S(N)(=O)=O)ccc2N1Cc1nc(-c2cccs2)no1. The first kappa shape index (κ1) is 16.2. The lowest BCUT2D eigenvalue weighted by Crippen LogP contribution is -2.28. The summed E-state index contributed by atoms with van der Waals surface area (Å²) in [6, 6.07) is 9.05. The van der Waals surface area contributed by atoms with Crippen molar-refractivity contribution in [1.82, 2.24) is 10.1 Å². The van der Waals surface area contributed by atoms with Crippen LogP contribution < -0.4 is 10.0 Å². The van der Waals surface area contributed by atoms with Crippen molar-refractivity contribution in [2.45, 2.75) is 30.8 Å². The minimum Gasteiger partial charge on any atom is -0.359 e. The van der Waals surface area contributed by atoms with Crippen LogP contribution in [0.1, 0.15) is 18.4 Å². The molecule has 0 spiro atoms. The van der Waals surface area contributed by atoms with Gasteiger partial charge in [0.2, 0.25) is 21.7 Å². The minimum absolute atomic E-state index is 0.137. The molecule has 0 saturated heterocycles. The molecule has 0 saturated carbocycles. The van der Waals surface area contributed by atoms with Crippen molar-refractivity contribution in [2.75, 3.05) is 4.90 Å². The standard InChI is InChI=1S/C16H16N4O3S2/c1-10-7-11-8-12(25(17,21)22)4-5-13(11)20(10)9-15-18-16(19-23-15)14-3-2-6-24-14/h2-6,8,10H,7,9H2,1H3,(H2,17,21,22)/t10-/m1/s1. The van der Waals surface area contributed by atoms with Crippen LogP contribution in [0.25, 0.3) is 10.7 Å². The van der Waals surface area contributed by atoms with Gasteiger partial charge in [-0.2, -0.15) is 4.98 Å². The summed E-state index contributed by atoms with van der Waals surface area (Å²) in [7, 11) is -3.70. The van der Waals surface area contributed by atoms with Gasteiger partial charge in [0.1, 0.15) is 0 Å². The van der Waals surface area contributed by atoms with Crippen LogP contribution in [-0.4, -0.2) is 24.6 Å². The number of sulfonamides is 1. The number of aromatic nitrogens is 2. The Bertz CT molecular complexity index is 1010. The molecule has 0 unspecified atom stereocenters. The van der Waals surface area contributed by atoms with Gasteiger partial charge in [-0.25, -0.2) is 13.6 Å². The molecule has 2 aromatic heterocycles. The molecule has 3 aromatic rings. The van der Waals surface area contributed by atoms with E-state index < -0.39 is 10.0 Å². The Labute approximate surface area is 149 Å². The second-order valence-electron chi connectivity index (χ2n) is 6.01. The van der Waals surface area contributed by atoms with E-state index in [0.717, 1.165) is 22.5 Å². The van der Waals surface area contributed by atoms with Gasteiger partial charge < -0.3 is 9.42 Å². The van der Waals surface area contributed by atoms with Crippen molar-refractivity contribution in [2.24, 2.45) is 5.14 Å². The Balaban J connectivity index is 1.60. The third-order valence-electron chi connectivity index (χ3n) is 4.25. The lowest BCUT2D eigenvalue weighted by Gasteiger charge is -2.22. The van der Waals surface area contributed by atoms with Crippen LogP contribution in [0, 0.1) is 0 Å². The van der Waals surface area contributed by atoms with Gasteiger partial charge in [0.05, 0.1) is 16.3 Å². The second-order valence-corrected chi connectivity index (χ2v) is 8.51. The maximum Gasteiger partial charge on any atom is 0.246 e. The smallest absolute Gasteiger partial charge is 0.246 e. The summed E-state index contributed by atoms with van der Waals surface area (Å²) in [5, 5.41) is 11.2. The van der Waals surface area contributed by atoms with E-state index in [4.69, 9.17) is 9.66 Å². The molecule has 0 amide bonds. The number of hydrogen-bond donors (Lipinski definition) is 1. The van der Waals surface area contributed by atoms with Gasteiger partial charge in [-0.05, 0) is 48.6 Å². The fourth-order valence-electron chi connectivity index (χ4n) is 3.06. The number of benzene rings is 1. The largest absolute Gasteiger partial charge is 0.359 e. The molecule has 1 atom stereocenters. The van der Waals surface area contributed by atoms with E-state index in [1.807, 2.05) is 17.5 Å². The molecule has 4 rings (SSSR count). The molecule has 0 radical (unpaired) electrons. The van der Waals surface area contributed by atoms with E-state index in [-0.39, 0.29) is 10.9 Å². The van der Waals surface area contributed by atoms with Crippen molar-refractivity contribution in [3.63, 3.8) is 0 Å². The van der Waals surface area contributed by atoms with Crippen molar-refractivity contribution in [3.05, 3.63) is 47.2 Å². The van der Waals surface area contributed by atoms with Crippen LogP contribution in [-0.2, 0) is 23.0 Å². The first-order valence-corrected chi connectivity index (χ1v) is 10.1. The first-order chi connectivity index (χ1) is 11.9. The predicted molar refractivity (Wildman–Crippen MR) is 94.8 cm³/mol. The Morgan fingerprint density at radius 2 is 2.24 bits per heavy atom. The molecule has 0 aliphatic carbocycles. The topological polar surface area (TPSA) is 102 Å². The normalized spacial score (nSPS) is 17.0. The molecule has 25 heavy (non-hydrogen) atoms. The van der Waals surface area contributed by atoms with Crippen molar-refractivity contribution in [3.8, 4) is 10.7 Å². The molecule has 7 nitrogen and oxygen atoms in total. The number of nitrogens with two attached hydrogens (primary N) is 1. The van der Waals surface area contributed by atoms with Crippen LogP contribution in [0.2, 0.25) is 0 Å². The molecule has 9 heteroatoms. The van der Waals surface area contributed by atoms with Crippen LogP contribution >= 0.6 is 11.3 Å². The van der Waals surface area contributed by atoms with Crippen LogP contribution in [0.3, 0.4) is 0 Å². The van der Waals surface area contributed by atoms with E-state index in [1.165, 1.54) is 6.07 Å². The average Bonchev–Trinajstić information content (AvgIpc) is 3.27. The highest BCUT2D eigenvalue weighted by Crippen LogP contribution is 2.35. The highest BCUT2D eigenvalue weighted by Gasteiger charge is 2.28. The van der Waals surface area contributed by atoms with Gasteiger partial charge in [0.25, 0.3) is 0 Å². The molecule has 1 aliphatic heterocycles. The van der Waals surface area contributed by atoms with Gasteiger partial charge in [-0.1, -0.05) is 11.2 Å². The lowest BCUT2D eigenvalue weighted by molar-refractivity contribution is 0.374. The number of rotatable bonds is 4. The summed E-state index contributed by atoms with van der Waals surface area (Å²) in [6.45, 7) is 2.55. The summed E-state index contributed by atoms with van der Waals surface area (Å²) in [5.74, 6) is 1.11. The maximum atomic E-state index is 11.5. The number of primary sulfonamides is 1. The third kappa shape index (κ3) is 3.06. The number of nitrogens with zero attached hydrogens (tertiary/aromatic N) is 3. The second kappa shape index (κ2) is 5.94. The number of hydrogen-bond acceptors (Lipinski definition) is 7. The number of anilines is 1. The van der Waals surface area contributed by atoms with Gasteiger partial charge in [0, 0.05) is 11.7 Å². The van der Waals surface area contributed by atoms with Crippen LogP contribution in [0.4, 0.5) is 5.69 Å². The fraction of sp³-hybridized carbons (Fsp3) is 0.250. The van der Waals surface area contributed by atoms with Crippen molar-refractivity contribution in [1.29, 1.82) is 0 Å². The zero-order chi connectivity index (χ0) is 17.6. The highest BCUT2D eigenvalue weighted by molar-refractivity contribution is 7.89. The van der Waals surface area contributed by atoms with Gasteiger partial charge in [0.15, 0.2) is 0 Å². The minimum atomic E-state index is -3.70. The Kier molecular flexibility index (Phi) is 3.86. The Morgan fingerprint density at radius 3 is 2.96 bits per heavy atom. The van der Waals surface area contributed by atoms with Crippen LogP contribution in [0.15, 0.2) is 45.1 Å². The fourth-order valence-corrected chi connectivity index (χ4v) is 4.27. The third-order valence-corrected chi connectivity index (χ3v) is 6.03. The summed E-state index contributed by atoms with van der Waals surface area (Å²) >= 11 is 1.56. The molecule has 1 aliphatic rings. The monoisotopic (exact) mass is 376 g/mol.